The molecule has 1 N–H and O–H groups in total. The molecule has 1 unspecified atom stereocenters. The molecule has 0 spiro atoms. The van der Waals surface area contributed by atoms with Crippen molar-refractivity contribution < 1.29 is 13.5 Å². The highest BCUT2D eigenvalue weighted by atomic mass is 32.2. The van der Waals surface area contributed by atoms with Gasteiger partial charge in [0.05, 0.1) is 10.9 Å². The summed E-state index contributed by atoms with van der Waals surface area (Å²) in [5.41, 5.74) is 0. The van der Waals surface area contributed by atoms with Gasteiger partial charge in [0.25, 0.3) is 0 Å². The third-order valence-electron chi connectivity index (χ3n) is 3.06. The number of aryl methyl sites for hydroxylation is 1. The van der Waals surface area contributed by atoms with Gasteiger partial charge in [-0.15, -0.1) is 0 Å². The molecule has 0 radical (unpaired) electrons. The number of nitrogens with zero attached hydrogens (tertiary/aromatic N) is 2. The molecular formula is C10H18N2O3S. The molecule has 0 bridgehead atoms. The molecule has 6 heteroatoms. The van der Waals surface area contributed by atoms with Gasteiger partial charge in [-0.1, -0.05) is 0 Å². The molecule has 0 amide bonds. The van der Waals surface area contributed by atoms with Gasteiger partial charge in [-0.05, 0) is 13.8 Å². The molecular weight excluding hydrogens is 228 g/mol. The van der Waals surface area contributed by atoms with Gasteiger partial charge in [-0.3, -0.25) is 0 Å². The lowest BCUT2D eigenvalue weighted by atomic mass is 10.0. The maximum atomic E-state index is 11.5. The lowest BCUT2D eigenvalue weighted by Crippen LogP contribution is -2.44. The fraction of sp³-hybridized carbons (Fsp3) is 0.700. The molecule has 0 aliphatic carbocycles. The van der Waals surface area contributed by atoms with E-state index < -0.39 is 20.7 Å². The molecule has 1 heterocycles. The Hall–Kier alpha value is -0.880. The number of aliphatic hydroxyl groups excluding tert-OH is 1. The minimum atomic E-state index is -3.30. The third kappa shape index (κ3) is 2.44. The van der Waals surface area contributed by atoms with Gasteiger partial charge in [0.1, 0.15) is 5.82 Å². The number of rotatable bonds is 4. The molecule has 0 saturated heterocycles. The van der Waals surface area contributed by atoms with Crippen LogP contribution in [0.1, 0.15) is 19.7 Å². The van der Waals surface area contributed by atoms with Crippen LogP contribution in [-0.4, -0.2) is 40.2 Å². The van der Waals surface area contributed by atoms with E-state index >= 15 is 0 Å². The van der Waals surface area contributed by atoms with Crippen LogP contribution in [0.25, 0.3) is 0 Å². The molecule has 1 aromatic rings. The molecule has 0 aliphatic heterocycles. The van der Waals surface area contributed by atoms with E-state index in [0.717, 1.165) is 6.26 Å². The predicted octanol–water partition coefficient (Wildman–Crippen LogP) is 0.147. The van der Waals surface area contributed by atoms with E-state index in [-0.39, 0.29) is 6.42 Å². The van der Waals surface area contributed by atoms with E-state index in [0.29, 0.717) is 5.82 Å². The molecule has 1 rings (SSSR count). The van der Waals surface area contributed by atoms with Gasteiger partial charge < -0.3 is 9.67 Å². The van der Waals surface area contributed by atoms with E-state index in [2.05, 4.69) is 4.98 Å². The molecule has 0 saturated carbocycles. The zero-order valence-corrected chi connectivity index (χ0v) is 10.8. The number of imidazole rings is 1. The first kappa shape index (κ1) is 13.2. The quantitative estimate of drug-likeness (QED) is 0.820. The SMILES string of the molecule is Cn1ccnc1CC(O)C(C)(C)S(C)(=O)=O. The van der Waals surface area contributed by atoms with Crippen LogP contribution in [0.15, 0.2) is 12.4 Å². The van der Waals surface area contributed by atoms with Crippen molar-refractivity contribution in [2.75, 3.05) is 6.26 Å². The van der Waals surface area contributed by atoms with E-state index in [4.69, 9.17) is 0 Å². The molecule has 5 nitrogen and oxygen atoms in total. The highest BCUT2D eigenvalue weighted by Gasteiger charge is 2.38. The van der Waals surface area contributed by atoms with Crippen LogP contribution in [-0.2, 0) is 23.3 Å². The topological polar surface area (TPSA) is 72.2 Å². The fourth-order valence-electron chi connectivity index (χ4n) is 1.26. The number of aliphatic hydroxyl groups is 1. The largest absolute Gasteiger partial charge is 0.391 e. The van der Waals surface area contributed by atoms with Crippen molar-refractivity contribution in [1.29, 1.82) is 0 Å². The van der Waals surface area contributed by atoms with Crippen LogP contribution >= 0.6 is 0 Å². The second kappa shape index (κ2) is 4.18. The highest BCUT2D eigenvalue weighted by molar-refractivity contribution is 7.92. The minimum Gasteiger partial charge on any atom is -0.391 e. The Kier molecular flexibility index (Phi) is 3.44. The third-order valence-corrected chi connectivity index (χ3v) is 5.24. The maximum Gasteiger partial charge on any atom is 0.155 e. The molecule has 0 fully saturated rings. The number of aromatic nitrogens is 2. The molecule has 0 aliphatic rings. The summed E-state index contributed by atoms with van der Waals surface area (Å²) >= 11 is 0. The van der Waals surface area contributed by atoms with Gasteiger partial charge in [0.2, 0.25) is 0 Å². The smallest absolute Gasteiger partial charge is 0.155 e. The van der Waals surface area contributed by atoms with E-state index in [1.807, 2.05) is 7.05 Å². The standard InChI is InChI=1S/C10H18N2O3S/c1-10(2,16(4,14)15)8(13)7-9-11-5-6-12(9)3/h5-6,8,13H,7H2,1-4H3. The van der Waals surface area contributed by atoms with Gasteiger partial charge in [-0.25, -0.2) is 13.4 Å². The van der Waals surface area contributed by atoms with E-state index in [9.17, 15) is 13.5 Å². The van der Waals surface area contributed by atoms with Crippen LogP contribution in [0.3, 0.4) is 0 Å². The lowest BCUT2D eigenvalue weighted by Gasteiger charge is -2.28. The number of hydrogen-bond acceptors (Lipinski definition) is 4. The Labute approximate surface area is 96.0 Å². The Morgan fingerprint density at radius 1 is 1.56 bits per heavy atom. The summed E-state index contributed by atoms with van der Waals surface area (Å²) in [4.78, 5) is 4.06. The van der Waals surface area contributed by atoms with E-state index in [1.165, 1.54) is 13.8 Å². The summed E-state index contributed by atoms with van der Waals surface area (Å²) in [5, 5.41) is 9.98. The molecule has 16 heavy (non-hydrogen) atoms. The average Bonchev–Trinajstić information content (AvgIpc) is 2.49. The van der Waals surface area contributed by atoms with Crippen molar-refractivity contribution in [1.82, 2.24) is 9.55 Å². The van der Waals surface area contributed by atoms with Crippen molar-refractivity contribution in [3.63, 3.8) is 0 Å². The second-order valence-electron chi connectivity index (χ2n) is 4.55. The second-order valence-corrected chi connectivity index (χ2v) is 7.15. The zero-order chi connectivity index (χ0) is 12.6. The van der Waals surface area contributed by atoms with Crippen molar-refractivity contribution in [3.05, 3.63) is 18.2 Å². The van der Waals surface area contributed by atoms with Gasteiger partial charge in [-0.2, -0.15) is 0 Å². The van der Waals surface area contributed by atoms with Crippen molar-refractivity contribution in [2.24, 2.45) is 7.05 Å². The first-order chi connectivity index (χ1) is 7.16. The average molecular weight is 246 g/mol. The summed E-state index contributed by atoms with van der Waals surface area (Å²) in [6.45, 7) is 3.05. The van der Waals surface area contributed by atoms with Gasteiger partial charge in [0.15, 0.2) is 9.84 Å². The Morgan fingerprint density at radius 3 is 2.50 bits per heavy atom. The molecule has 1 atom stereocenters. The van der Waals surface area contributed by atoms with Crippen molar-refractivity contribution in [2.45, 2.75) is 31.1 Å². The highest BCUT2D eigenvalue weighted by Crippen LogP contribution is 2.22. The first-order valence-corrected chi connectivity index (χ1v) is 6.89. The molecule has 0 aromatic carbocycles. The van der Waals surface area contributed by atoms with Gasteiger partial charge >= 0.3 is 0 Å². The Balaban J connectivity index is 2.89. The van der Waals surface area contributed by atoms with Crippen molar-refractivity contribution in [3.8, 4) is 0 Å². The number of hydrogen-bond donors (Lipinski definition) is 1. The van der Waals surface area contributed by atoms with Crippen molar-refractivity contribution >= 4 is 9.84 Å². The predicted molar refractivity (Wildman–Crippen MR) is 61.8 cm³/mol. The Morgan fingerprint density at radius 2 is 2.12 bits per heavy atom. The summed E-state index contributed by atoms with van der Waals surface area (Å²) in [5.74, 6) is 0.671. The summed E-state index contributed by atoms with van der Waals surface area (Å²) in [6, 6.07) is 0. The van der Waals surface area contributed by atoms with Crippen LogP contribution in [0.4, 0.5) is 0 Å². The molecule has 92 valence electrons. The Bertz CT molecular complexity index is 462. The maximum absolute atomic E-state index is 11.5. The van der Waals surface area contributed by atoms with Gasteiger partial charge in [0, 0.05) is 32.1 Å². The first-order valence-electron chi connectivity index (χ1n) is 5.00. The summed E-state index contributed by atoms with van der Waals surface area (Å²) in [6.07, 6.45) is 3.77. The van der Waals surface area contributed by atoms with Crippen LogP contribution in [0, 0.1) is 0 Å². The van der Waals surface area contributed by atoms with Crippen LogP contribution in [0.5, 0.6) is 0 Å². The lowest BCUT2D eigenvalue weighted by molar-refractivity contribution is 0.135. The summed E-state index contributed by atoms with van der Waals surface area (Å²) in [7, 11) is -1.50. The monoisotopic (exact) mass is 246 g/mol. The zero-order valence-electron chi connectivity index (χ0n) is 10.0. The summed E-state index contributed by atoms with van der Waals surface area (Å²) < 4.78 is 23.6. The molecule has 1 aromatic heterocycles. The van der Waals surface area contributed by atoms with Crippen LogP contribution < -0.4 is 0 Å². The van der Waals surface area contributed by atoms with Crippen LogP contribution in [0.2, 0.25) is 0 Å². The van der Waals surface area contributed by atoms with E-state index in [1.54, 1.807) is 17.0 Å². The fourth-order valence-corrected chi connectivity index (χ4v) is 1.84. The number of sulfone groups is 1. The normalized spacial score (nSPS) is 15.1. The minimum absolute atomic E-state index is 0.226.